The van der Waals surface area contributed by atoms with Crippen LogP contribution in [0.3, 0.4) is 0 Å². The van der Waals surface area contributed by atoms with E-state index in [1.165, 1.54) is 0 Å². The summed E-state index contributed by atoms with van der Waals surface area (Å²) in [6.07, 6.45) is 0. The molecule has 116 valence electrons. The highest BCUT2D eigenvalue weighted by Gasteiger charge is 3.01. The van der Waals surface area contributed by atoms with Gasteiger partial charge in [-0.25, -0.2) is 0 Å². The van der Waals surface area contributed by atoms with E-state index in [0.29, 0.717) is 43.3 Å². The van der Waals surface area contributed by atoms with E-state index in [-0.39, 0.29) is 0 Å². The number of hydrogen-bond acceptors (Lipinski definition) is 0. The minimum absolute atomic E-state index is 0.365. The Morgan fingerprint density at radius 2 is 0.350 bits per heavy atom. The van der Waals surface area contributed by atoms with Crippen molar-refractivity contribution in [1.82, 2.24) is 0 Å². The molecule has 4 aliphatic carbocycles. The largest absolute Gasteiger partial charge is 0.0588 e. The highest BCUT2D eigenvalue weighted by atomic mass is 15.0. The first-order chi connectivity index (χ1) is 8.50. The first-order valence-electron chi connectivity index (χ1n) is 8.50. The van der Waals surface area contributed by atoms with Crippen molar-refractivity contribution in [1.29, 1.82) is 0 Å². The summed E-state index contributed by atoms with van der Waals surface area (Å²) in [6.45, 7) is 31.1. The Morgan fingerprint density at radius 3 is 0.450 bits per heavy atom. The zero-order valence-corrected chi connectivity index (χ0v) is 16.0. The maximum Gasteiger partial charge on any atom is -0.0148 e. The van der Waals surface area contributed by atoms with E-state index >= 15 is 0 Å². The normalized spacial score (nSPS) is 59.4. The molecule has 0 aromatic carbocycles. The molecule has 0 spiro atoms. The molecule has 0 nitrogen and oxygen atoms in total. The van der Waals surface area contributed by atoms with Crippen LogP contribution in [0.15, 0.2) is 0 Å². The molecule has 0 aliphatic heterocycles. The zero-order chi connectivity index (χ0) is 16.0. The molecule has 0 heteroatoms. The Bertz CT molecular complexity index is 392. The van der Waals surface area contributed by atoms with E-state index in [1.54, 1.807) is 0 Å². The summed E-state index contributed by atoms with van der Waals surface area (Å²) in [5.41, 5.74) is 2.93. The van der Waals surface area contributed by atoms with Gasteiger partial charge >= 0.3 is 0 Å². The van der Waals surface area contributed by atoms with Crippen LogP contribution in [-0.2, 0) is 0 Å². The van der Waals surface area contributed by atoms with Crippen molar-refractivity contribution in [3.63, 3.8) is 0 Å². The van der Waals surface area contributed by atoms with Crippen molar-refractivity contribution in [3.8, 4) is 0 Å². The maximum atomic E-state index is 2.62. The molecule has 0 N–H and O–H groups in total. The van der Waals surface area contributed by atoms with Crippen molar-refractivity contribution in [3.05, 3.63) is 0 Å². The van der Waals surface area contributed by atoms with Crippen molar-refractivity contribution in [2.45, 2.75) is 83.1 Å². The first kappa shape index (κ1) is 14.9. The Hall–Kier alpha value is 0. The van der Waals surface area contributed by atoms with Crippen LogP contribution in [0.4, 0.5) is 0 Å². The highest BCUT2D eigenvalue weighted by molar-refractivity contribution is 5.48. The lowest BCUT2D eigenvalue weighted by Crippen LogP contribution is -2.51. The summed E-state index contributed by atoms with van der Waals surface area (Å²) in [4.78, 5) is 0. The molecule has 0 atom stereocenters. The molecule has 0 heterocycles. The van der Waals surface area contributed by atoms with Crippen LogP contribution in [0.2, 0.25) is 0 Å². The van der Waals surface area contributed by atoms with Gasteiger partial charge in [0, 0.05) is 0 Å². The molecule has 4 bridgehead atoms. The SMILES string of the molecule is CC1(C)C2(C)C(C)(C)C3(C)C(C)(C)C2(C)C(C)(C)C13C. The molecule has 0 radical (unpaired) electrons. The second-order valence-corrected chi connectivity index (χ2v) is 11.0. The van der Waals surface area contributed by atoms with E-state index in [9.17, 15) is 0 Å². The average molecular weight is 277 g/mol. The fourth-order valence-electron chi connectivity index (χ4n) is 10.1. The standard InChI is InChI=1S/C20H36/c1-13(2)17(9)14(3,4)19(11)16(7,8)20(17,12)15(5,6)18(13,19)10/h1-12H3. The Morgan fingerprint density at radius 1 is 0.250 bits per heavy atom. The molecule has 0 amide bonds. The molecular weight excluding hydrogens is 240 g/mol. The Labute approximate surface area is 127 Å². The summed E-state index contributed by atoms with van der Waals surface area (Å²) in [6, 6.07) is 0. The van der Waals surface area contributed by atoms with Crippen LogP contribution >= 0.6 is 0 Å². The van der Waals surface area contributed by atoms with Crippen LogP contribution in [-0.4, -0.2) is 0 Å². The lowest BCUT2D eigenvalue weighted by Gasteiger charge is -2.56. The zero-order valence-electron chi connectivity index (χ0n) is 16.0. The summed E-state index contributed by atoms with van der Waals surface area (Å²) >= 11 is 0. The van der Waals surface area contributed by atoms with Crippen molar-refractivity contribution >= 4 is 0 Å². The fourth-order valence-corrected chi connectivity index (χ4v) is 10.1. The lowest BCUT2D eigenvalue weighted by molar-refractivity contribution is -0.0907. The quantitative estimate of drug-likeness (QED) is 0.497. The van der Waals surface area contributed by atoms with Gasteiger partial charge in [0.2, 0.25) is 0 Å². The van der Waals surface area contributed by atoms with E-state index in [4.69, 9.17) is 0 Å². The molecule has 4 rings (SSSR count). The molecule has 20 heavy (non-hydrogen) atoms. The second-order valence-electron chi connectivity index (χ2n) is 11.0. The maximum absolute atomic E-state index is 2.62. The molecule has 4 aliphatic rings. The van der Waals surface area contributed by atoms with Gasteiger partial charge in [-0.05, 0) is 43.3 Å². The van der Waals surface area contributed by atoms with Crippen LogP contribution in [0.25, 0.3) is 0 Å². The van der Waals surface area contributed by atoms with Gasteiger partial charge in [0.15, 0.2) is 0 Å². The highest BCUT2D eigenvalue weighted by Crippen LogP contribution is 3.06. The summed E-state index contributed by atoms with van der Waals surface area (Å²) in [5.74, 6) is 0. The molecular formula is C20H36. The summed E-state index contributed by atoms with van der Waals surface area (Å²) in [7, 11) is 0. The van der Waals surface area contributed by atoms with Gasteiger partial charge in [0.25, 0.3) is 0 Å². The molecule has 0 unspecified atom stereocenters. The van der Waals surface area contributed by atoms with Gasteiger partial charge in [-0.3, -0.25) is 0 Å². The summed E-state index contributed by atoms with van der Waals surface area (Å²) in [5, 5.41) is 0. The molecule has 0 aromatic heterocycles. The van der Waals surface area contributed by atoms with Crippen LogP contribution in [0.5, 0.6) is 0 Å². The average Bonchev–Trinajstić information content (AvgIpc) is 2.49. The van der Waals surface area contributed by atoms with Crippen LogP contribution < -0.4 is 0 Å². The van der Waals surface area contributed by atoms with E-state index in [2.05, 4.69) is 83.1 Å². The van der Waals surface area contributed by atoms with Crippen molar-refractivity contribution in [2.24, 2.45) is 43.3 Å². The monoisotopic (exact) mass is 276 g/mol. The van der Waals surface area contributed by atoms with Crippen LogP contribution in [0, 0.1) is 43.3 Å². The first-order valence-corrected chi connectivity index (χ1v) is 8.50. The predicted octanol–water partition coefficient (Wildman–Crippen LogP) is 6.16. The molecule has 0 aromatic rings. The van der Waals surface area contributed by atoms with Gasteiger partial charge in [-0.2, -0.15) is 0 Å². The minimum atomic E-state index is 0.365. The van der Waals surface area contributed by atoms with Crippen LogP contribution in [0.1, 0.15) is 83.1 Å². The Balaban J connectivity index is 2.60. The minimum Gasteiger partial charge on any atom is -0.0588 e. The molecule has 4 fully saturated rings. The lowest BCUT2D eigenvalue weighted by atomic mass is 9.48. The predicted molar refractivity (Wildman–Crippen MR) is 87.6 cm³/mol. The molecule has 0 saturated heterocycles. The van der Waals surface area contributed by atoms with Gasteiger partial charge < -0.3 is 0 Å². The smallest absolute Gasteiger partial charge is 0.0148 e. The number of rotatable bonds is 0. The third-order valence-electron chi connectivity index (χ3n) is 12.0. The van der Waals surface area contributed by atoms with E-state index in [1.807, 2.05) is 0 Å². The second kappa shape index (κ2) is 2.67. The van der Waals surface area contributed by atoms with E-state index in [0.717, 1.165) is 0 Å². The molecule has 4 saturated carbocycles. The third-order valence-corrected chi connectivity index (χ3v) is 12.0. The van der Waals surface area contributed by atoms with Gasteiger partial charge in [-0.15, -0.1) is 0 Å². The summed E-state index contributed by atoms with van der Waals surface area (Å²) < 4.78 is 0. The van der Waals surface area contributed by atoms with E-state index < -0.39 is 0 Å². The number of hydrogen-bond donors (Lipinski definition) is 0. The third kappa shape index (κ3) is 0.642. The van der Waals surface area contributed by atoms with Gasteiger partial charge in [0.1, 0.15) is 0 Å². The van der Waals surface area contributed by atoms with Gasteiger partial charge in [0.05, 0.1) is 0 Å². The van der Waals surface area contributed by atoms with Crippen molar-refractivity contribution < 1.29 is 0 Å². The van der Waals surface area contributed by atoms with Gasteiger partial charge in [-0.1, -0.05) is 83.1 Å². The van der Waals surface area contributed by atoms with Crippen molar-refractivity contribution in [2.75, 3.05) is 0 Å². The Kier molecular flexibility index (Phi) is 1.99. The fraction of sp³-hybridized carbons (Fsp3) is 1.00. The topological polar surface area (TPSA) is 0 Å².